The zero-order valence-corrected chi connectivity index (χ0v) is 20.1. The van der Waals surface area contributed by atoms with Crippen molar-refractivity contribution in [2.75, 3.05) is 10.6 Å². The first-order chi connectivity index (χ1) is 16.5. The molecular formula is C28H23ClN2O2S. The third kappa shape index (κ3) is 6.28. The molecule has 0 saturated heterocycles. The fraction of sp³-hybridized carbons (Fsp3) is 0.0714. The molecule has 0 aliphatic carbocycles. The molecule has 0 aliphatic rings. The van der Waals surface area contributed by atoms with Crippen LogP contribution in [-0.2, 0) is 4.79 Å². The Kier molecular flexibility index (Phi) is 7.68. The molecule has 4 nitrogen and oxygen atoms in total. The van der Waals surface area contributed by atoms with Crippen molar-refractivity contribution in [3.63, 3.8) is 0 Å². The highest BCUT2D eigenvalue weighted by Gasteiger charge is 2.22. The minimum absolute atomic E-state index is 0.146. The van der Waals surface area contributed by atoms with Crippen molar-refractivity contribution < 1.29 is 9.59 Å². The Hall–Kier alpha value is -3.54. The minimum Gasteiger partial charge on any atom is -0.325 e. The summed E-state index contributed by atoms with van der Waals surface area (Å²) in [6.45, 7) is 1.95. The number of amides is 2. The molecule has 0 aromatic heterocycles. The Morgan fingerprint density at radius 1 is 0.765 bits per heavy atom. The van der Waals surface area contributed by atoms with Gasteiger partial charge in [0.25, 0.3) is 5.91 Å². The fourth-order valence-electron chi connectivity index (χ4n) is 3.41. The van der Waals surface area contributed by atoms with Crippen LogP contribution in [0, 0.1) is 6.92 Å². The molecule has 4 aromatic carbocycles. The van der Waals surface area contributed by atoms with Gasteiger partial charge in [0.1, 0.15) is 5.25 Å². The molecule has 0 aliphatic heterocycles. The number of hydrogen-bond donors (Lipinski definition) is 2. The van der Waals surface area contributed by atoms with E-state index in [1.807, 2.05) is 79.7 Å². The van der Waals surface area contributed by atoms with Gasteiger partial charge in [0.15, 0.2) is 0 Å². The third-order valence-corrected chi connectivity index (χ3v) is 6.58. The third-order valence-electron chi connectivity index (χ3n) is 5.08. The predicted octanol–water partition coefficient (Wildman–Crippen LogP) is 7.37. The highest BCUT2D eigenvalue weighted by molar-refractivity contribution is 8.00. The second kappa shape index (κ2) is 11.1. The molecule has 0 radical (unpaired) electrons. The molecule has 2 amide bonds. The van der Waals surface area contributed by atoms with Gasteiger partial charge in [0.05, 0.1) is 0 Å². The van der Waals surface area contributed by atoms with Gasteiger partial charge in [-0.2, -0.15) is 0 Å². The Morgan fingerprint density at radius 3 is 2.24 bits per heavy atom. The van der Waals surface area contributed by atoms with Gasteiger partial charge in [-0.15, -0.1) is 11.8 Å². The maximum Gasteiger partial charge on any atom is 0.255 e. The number of thioether (sulfide) groups is 1. The first kappa shape index (κ1) is 23.6. The van der Waals surface area contributed by atoms with Crippen LogP contribution in [0.4, 0.5) is 11.4 Å². The van der Waals surface area contributed by atoms with Crippen LogP contribution in [0.5, 0.6) is 0 Å². The van der Waals surface area contributed by atoms with Crippen molar-refractivity contribution in [1.82, 2.24) is 0 Å². The van der Waals surface area contributed by atoms with Crippen LogP contribution in [-0.4, -0.2) is 11.8 Å². The van der Waals surface area contributed by atoms with E-state index >= 15 is 0 Å². The molecule has 0 saturated carbocycles. The maximum absolute atomic E-state index is 13.2. The Bertz CT molecular complexity index is 1290. The van der Waals surface area contributed by atoms with E-state index in [9.17, 15) is 9.59 Å². The van der Waals surface area contributed by atoms with Crippen LogP contribution in [0.2, 0.25) is 5.02 Å². The largest absolute Gasteiger partial charge is 0.325 e. The summed E-state index contributed by atoms with van der Waals surface area (Å²) in [5.74, 6) is -0.321. The van der Waals surface area contributed by atoms with E-state index in [2.05, 4.69) is 10.6 Å². The van der Waals surface area contributed by atoms with E-state index in [1.165, 1.54) is 11.8 Å². The van der Waals surface area contributed by atoms with Crippen molar-refractivity contribution in [3.8, 4) is 0 Å². The monoisotopic (exact) mass is 486 g/mol. The number of rotatable bonds is 7. The van der Waals surface area contributed by atoms with Crippen LogP contribution >= 0.6 is 23.4 Å². The van der Waals surface area contributed by atoms with Crippen LogP contribution < -0.4 is 10.6 Å². The van der Waals surface area contributed by atoms with Crippen molar-refractivity contribution in [1.29, 1.82) is 0 Å². The SMILES string of the molecule is Cc1cccc(C(=O)Nc2cccc(SC(C(=O)Nc3ccc(Cl)cc3)c3ccccc3)c2)c1. The van der Waals surface area contributed by atoms with Gasteiger partial charge in [0, 0.05) is 26.9 Å². The zero-order chi connectivity index (χ0) is 23.9. The number of hydrogen-bond acceptors (Lipinski definition) is 3. The summed E-state index contributed by atoms with van der Waals surface area (Å²) in [4.78, 5) is 26.8. The highest BCUT2D eigenvalue weighted by Crippen LogP contribution is 2.37. The number of carbonyl (C=O) groups excluding carboxylic acids is 2. The number of benzene rings is 4. The van der Waals surface area contributed by atoms with Crippen LogP contribution in [0.3, 0.4) is 0 Å². The van der Waals surface area contributed by atoms with Crippen molar-refractivity contribution in [2.24, 2.45) is 0 Å². The zero-order valence-electron chi connectivity index (χ0n) is 18.5. The van der Waals surface area contributed by atoms with Crippen molar-refractivity contribution in [3.05, 3.63) is 125 Å². The van der Waals surface area contributed by atoms with E-state index < -0.39 is 5.25 Å². The topological polar surface area (TPSA) is 58.2 Å². The predicted molar refractivity (Wildman–Crippen MR) is 141 cm³/mol. The number of halogens is 1. The number of anilines is 2. The van der Waals surface area contributed by atoms with Crippen molar-refractivity contribution >= 4 is 46.6 Å². The molecule has 0 bridgehead atoms. The number of nitrogens with one attached hydrogen (secondary N) is 2. The second-order valence-corrected chi connectivity index (χ2v) is 9.37. The summed E-state index contributed by atoms with van der Waals surface area (Å²) >= 11 is 7.39. The number of carbonyl (C=O) groups is 2. The molecule has 1 atom stereocenters. The molecule has 1 unspecified atom stereocenters. The minimum atomic E-state index is -0.486. The molecule has 170 valence electrons. The van der Waals surface area contributed by atoms with Gasteiger partial charge in [-0.1, -0.05) is 65.7 Å². The maximum atomic E-state index is 13.2. The van der Waals surface area contributed by atoms with Gasteiger partial charge in [0.2, 0.25) is 5.91 Å². The molecule has 4 rings (SSSR count). The van der Waals surface area contributed by atoms with E-state index in [-0.39, 0.29) is 11.8 Å². The average molecular weight is 487 g/mol. The standard InChI is InChI=1S/C28H23ClN2O2S/c1-19-7-5-10-21(17-19)27(32)31-24-11-6-12-25(18-24)34-26(20-8-3-2-4-9-20)28(33)30-23-15-13-22(29)14-16-23/h2-18,26H,1H3,(H,30,33)(H,31,32). The van der Waals surface area contributed by atoms with E-state index in [1.54, 1.807) is 30.3 Å². The Labute approximate surface area is 208 Å². The van der Waals surface area contributed by atoms with E-state index in [0.29, 0.717) is 22.0 Å². The molecule has 0 spiro atoms. The lowest BCUT2D eigenvalue weighted by atomic mass is 10.1. The van der Waals surface area contributed by atoms with E-state index in [0.717, 1.165) is 16.0 Å². The summed E-state index contributed by atoms with van der Waals surface area (Å²) in [5.41, 5.74) is 3.85. The Balaban J connectivity index is 1.53. The van der Waals surface area contributed by atoms with Gasteiger partial charge < -0.3 is 10.6 Å². The summed E-state index contributed by atoms with van der Waals surface area (Å²) < 4.78 is 0. The molecule has 0 heterocycles. The summed E-state index contributed by atoms with van der Waals surface area (Å²) in [6.07, 6.45) is 0. The highest BCUT2D eigenvalue weighted by atomic mass is 35.5. The van der Waals surface area contributed by atoms with Gasteiger partial charge in [-0.3, -0.25) is 9.59 Å². The van der Waals surface area contributed by atoms with Gasteiger partial charge >= 0.3 is 0 Å². The molecule has 34 heavy (non-hydrogen) atoms. The fourth-order valence-corrected chi connectivity index (χ4v) is 4.62. The summed E-state index contributed by atoms with van der Waals surface area (Å²) in [7, 11) is 0. The summed E-state index contributed by atoms with van der Waals surface area (Å²) in [6, 6.07) is 31.6. The normalized spacial score (nSPS) is 11.5. The van der Waals surface area contributed by atoms with Gasteiger partial charge in [-0.25, -0.2) is 0 Å². The van der Waals surface area contributed by atoms with Gasteiger partial charge in [-0.05, 0) is 67.1 Å². The smallest absolute Gasteiger partial charge is 0.255 e. The second-order valence-electron chi connectivity index (χ2n) is 7.76. The number of aryl methyl sites for hydroxylation is 1. The molecular weight excluding hydrogens is 464 g/mol. The lowest BCUT2D eigenvalue weighted by molar-refractivity contribution is -0.115. The molecule has 0 fully saturated rings. The molecule has 4 aromatic rings. The molecule has 2 N–H and O–H groups in total. The van der Waals surface area contributed by atoms with Crippen LogP contribution in [0.25, 0.3) is 0 Å². The van der Waals surface area contributed by atoms with Crippen LogP contribution in [0.1, 0.15) is 26.7 Å². The quantitative estimate of drug-likeness (QED) is 0.268. The first-order valence-corrected chi connectivity index (χ1v) is 12.0. The lowest BCUT2D eigenvalue weighted by Gasteiger charge is -2.18. The van der Waals surface area contributed by atoms with Crippen LogP contribution in [0.15, 0.2) is 108 Å². The average Bonchev–Trinajstić information content (AvgIpc) is 2.84. The Morgan fingerprint density at radius 2 is 1.50 bits per heavy atom. The lowest BCUT2D eigenvalue weighted by Crippen LogP contribution is -2.19. The molecule has 6 heteroatoms. The first-order valence-electron chi connectivity index (χ1n) is 10.7. The van der Waals surface area contributed by atoms with E-state index in [4.69, 9.17) is 11.6 Å². The van der Waals surface area contributed by atoms with Crippen molar-refractivity contribution in [2.45, 2.75) is 17.1 Å². The summed E-state index contributed by atoms with van der Waals surface area (Å²) in [5, 5.41) is 6.04.